The summed E-state index contributed by atoms with van der Waals surface area (Å²) in [5.41, 5.74) is 1.86. The van der Waals surface area contributed by atoms with Crippen molar-refractivity contribution < 1.29 is 14.4 Å². The zero-order valence-corrected chi connectivity index (χ0v) is 13.1. The summed E-state index contributed by atoms with van der Waals surface area (Å²) in [6.45, 7) is 3.79. The molecule has 0 amide bonds. The number of H-pyrrole nitrogens is 1. The highest BCUT2D eigenvalue weighted by Gasteiger charge is 2.25. The van der Waals surface area contributed by atoms with Gasteiger partial charge in [-0.05, 0) is 18.6 Å². The van der Waals surface area contributed by atoms with E-state index in [4.69, 9.17) is 0 Å². The number of aliphatic hydroxyl groups is 1. The predicted octanol–water partition coefficient (Wildman–Crippen LogP) is -0.178. The van der Waals surface area contributed by atoms with Gasteiger partial charge in [0.25, 0.3) is 5.56 Å². The molecule has 1 aliphatic heterocycles. The van der Waals surface area contributed by atoms with Gasteiger partial charge in [0.05, 0.1) is 17.8 Å². The second-order valence-electron chi connectivity index (χ2n) is 6.19. The van der Waals surface area contributed by atoms with Crippen molar-refractivity contribution in [2.45, 2.75) is 32.4 Å². The molecule has 6 heteroatoms. The summed E-state index contributed by atoms with van der Waals surface area (Å²) in [6.07, 6.45) is 0.587. The molecule has 2 aromatic rings. The second kappa shape index (κ2) is 6.60. The summed E-state index contributed by atoms with van der Waals surface area (Å²) in [4.78, 5) is 20.8. The Labute approximate surface area is 133 Å². The first-order valence-corrected chi connectivity index (χ1v) is 7.89. The molecule has 5 nitrogen and oxygen atoms in total. The monoisotopic (exact) mass is 318 g/mol. The largest absolute Gasteiger partial charge is 0.388 e. The predicted molar refractivity (Wildman–Crippen MR) is 83.8 cm³/mol. The number of halogens is 1. The number of hydrogen-bond acceptors (Lipinski definition) is 3. The molecule has 0 fully saturated rings. The van der Waals surface area contributed by atoms with Crippen LogP contribution in [0.3, 0.4) is 0 Å². The van der Waals surface area contributed by atoms with Crippen molar-refractivity contribution in [1.29, 1.82) is 0 Å². The number of aromatic nitrogens is 2. The summed E-state index contributed by atoms with van der Waals surface area (Å²) >= 11 is 0. The van der Waals surface area contributed by atoms with E-state index in [0.29, 0.717) is 36.5 Å². The second-order valence-corrected chi connectivity index (χ2v) is 6.19. The lowest BCUT2D eigenvalue weighted by molar-refractivity contribution is -0.918. The van der Waals surface area contributed by atoms with Gasteiger partial charge in [-0.3, -0.25) is 4.79 Å². The Morgan fingerprint density at radius 3 is 2.96 bits per heavy atom. The molecule has 1 unspecified atom stereocenters. The van der Waals surface area contributed by atoms with E-state index in [2.05, 4.69) is 9.97 Å². The number of benzene rings is 1. The van der Waals surface area contributed by atoms with E-state index in [0.717, 1.165) is 12.2 Å². The van der Waals surface area contributed by atoms with Crippen LogP contribution in [-0.2, 0) is 19.4 Å². The van der Waals surface area contributed by atoms with E-state index in [1.54, 1.807) is 25.1 Å². The van der Waals surface area contributed by atoms with Gasteiger partial charge in [0.2, 0.25) is 0 Å². The minimum Gasteiger partial charge on any atom is -0.388 e. The normalized spacial score (nSPS) is 18.5. The standard InChI is InChI=1S/C17H20FN3O2/c1-11(22)9-21-7-6-15-13(10-21)17(23)20-16(19-15)8-12-4-2-3-5-14(12)18/h2-5,11,22H,6-10H2,1H3,(H,19,20,23)/p+1/t11-/m0/s1. The topological polar surface area (TPSA) is 70.4 Å². The SMILES string of the molecule is C[C@H](O)C[NH+]1CCc2nc(Cc3ccccc3F)[nH]c(=O)c2C1. The molecule has 2 heterocycles. The number of aliphatic hydroxyl groups excluding tert-OH is 1. The van der Waals surface area contributed by atoms with Crippen LogP contribution in [0.1, 0.15) is 29.6 Å². The molecule has 1 aliphatic rings. The van der Waals surface area contributed by atoms with Crippen LogP contribution in [0.4, 0.5) is 4.39 Å². The Morgan fingerprint density at radius 2 is 2.22 bits per heavy atom. The number of nitrogens with zero attached hydrogens (tertiary/aromatic N) is 1. The average Bonchev–Trinajstić information content (AvgIpc) is 2.50. The van der Waals surface area contributed by atoms with E-state index < -0.39 is 0 Å². The van der Waals surface area contributed by atoms with Crippen molar-refractivity contribution in [2.24, 2.45) is 0 Å². The smallest absolute Gasteiger partial charge is 0.260 e. The van der Waals surface area contributed by atoms with E-state index in [-0.39, 0.29) is 23.9 Å². The fourth-order valence-corrected chi connectivity index (χ4v) is 3.12. The van der Waals surface area contributed by atoms with Gasteiger partial charge in [0.1, 0.15) is 30.8 Å². The fourth-order valence-electron chi connectivity index (χ4n) is 3.12. The molecular formula is C17H21FN3O2+. The minimum atomic E-state index is -0.390. The number of fused-ring (bicyclic) bond motifs is 1. The molecule has 0 bridgehead atoms. The average molecular weight is 318 g/mol. The summed E-state index contributed by atoms with van der Waals surface area (Å²) in [7, 11) is 0. The maximum atomic E-state index is 13.7. The summed E-state index contributed by atoms with van der Waals surface area (Å²) in [6, 6.07) is 6.51. The van der Waals surface area contributed by atoms with Gasteiger partial charge in [-0.15, -0.1) is 0 Å². The number of rotatable bonds is 4. The lowest BCUT2D eigenvalue weighted by Crippen LogP contribution is -3.13. The Bertz CT molecular complexity index is 758. The molecule has 2 atom stereocenters. The first kappa shape index (κ1) is 15.8. The van der Waals surface area contributed by atoms with Crippen LogP contribution in [0.15, 0.2) is 29.1 Å². The molecule has 122 valence electrons. The van der Waals surface area contributed by atoms with Gasteiger partial charge in [-0.2, -0.15) is 0 Å². The molecule has 1 aromatic carbocycles. The Kier molecular flexibility index (Phi) is 4.54. The Hall–Kier alpha value is -2.05. The highest BCUT2D eigenvalue weighted by molar-refractivity contribution is 5.24. The number of hydrogen-bond donors (Lipinski definition) is 3. The van der Waals surface area contributed by atoms with Crippen LogP contribution in [0.2, 0.25) is 0 Å². The minimum absolute atomic E-state index is 0.149. The van der Waals surface area contributed by atoms with Crippen LogP contribution < -0.4 is 10.5 Å². The summed E-state index contributed by atoms with van der Waals surface area (Å²) in [5, 5.41) is 9.50. The van der Waals surface area contributed by atoms with Gasteiger partial charge in [-0.25, -0.2) is 9.37 Å². The summed E-state index contributed by atoms with van der Waals surface area (Å²) < 4.78 is 13.7. The third-order valence-corrected chi connectivity index (χ3v) is 4.19. The van der Waals surface area contributed by atoms with Crippen molar-refractivity contribution in [1.82, 2.24) is 9.97 Å². The Balaban J connectivity index is 1.83. The zero-order valence-electron chi connectivity index (χ0n) is 13.1. The molecule has 3 rings (SSSR count). The molecule has 1 aromatic heterocycles. The Morgan fingerprint density at radius 1 is 1.43 bits per heavy atom. The van der Waals surface area contributed by atoms with E-state index in [1.807, 2.05) is 0 Å². The lowest BCUT2D eigenvalue weighted by Gasteiger charge is -2.25. The maximum absolute atomic E-state index is 13.7. The van der Waals surface area contributed by atoms with Gasteiger partial charge >= 0.3 is 0 Å². The van der Waals surface area contributed by atoms with Crippen LogP contribution in [0, 0.1) is 5.82 Å². The summed E-state index contributed by atoms with van der Waals surface area (Å²) in [5.74, 6) is 0.207. The van der Waals surface area contributed by atoms with E-state index in [9.17, 15) is 14.3 Å². The molecular weight excluding hydrogens is 297 g/mol. The van der Waals surface area contributed by atoms with Crippen LogP contribution >= 0.6 is 0 Å². The van der Waals surface area contributed by atoms with Gasteiger partial charge < -0.3 is 15.0 Å². The quantitative estimate of drug-likeness (QED) is 0.732. The van der Waals surface area contributed by atoms with Crippen molar-refractivity contribution in [3.63, 3.8) is 0 Å². The number of aromatic amines is 1. The van der Waals surface area contributed by atoms with Crippen LogP contribution in [0.5, 0.6) is 0 Å². The number of quaternary nitrogens is 1. The molecule has 0 saturated carbocycles. The van der Waals surface area contributed by atoms with Crippen LogP contribution in [-0.4, -0.2) is 34.3 Å². The molecule has 23 heavy (non-hydrogen) atoms. The van der Waals surface area contributed by atoms with Gasteiger partial charge in [0.15, 0.2) is 0 Å². The third-order valence-electron chi connectivity index (χ3n) is 4.19. The molecule has 0 aliphatic carbocycles. The first-order chi connectivity index (χ1) is 11.0. The maximum Gasteiger partial charge on any atom is 0.260 e. The highest BCUT2D eigenvalue weighted by Crippen LogP contribution is 2.11. The zero-order chi connectivity index (χ0) is 16.4. The molecule has 3 N–H and O–H groups in total. The third kappa shape index (κ3) is 3.65. The van der Waals surface area contributed by atoms with E-state index >= 15 is 0 Å². The van der Waals surface area contributed by atoms with Gasteiger partial charge in [-0.1, -0.05) is 18.2 Å². The van der Waals surface area contributed by atoms with Crippen molar-refractivity contribution in [2.75, 3.05) is 13.1 Å². The van der Waals surface area contributed by atoms with Crippen molar-refractivity contribution >= 4 is 0 Å². The molecule has 0 saturated heterocycles. The van der Waals surface area contributed by atoms with Crippen molar-refractivity contribution in [3.8, 4) is 0 Å². The number of nitrogens with one attached hydrogen (secondary N) is 2. The first-order valence-electron chi connectivity index (χ1n) is 7.89. The fraction of sp³-hybridized carbons (Fsp3) is 0.412. The highest BCUT2D eigenvalue weighted by atomic mass is 19.1. The van der Waals surface area contributed by atoms with E-state index in [1.165, 1.54) is 11.0 Å². The van der Waals surface area contributed by atoms with Crippen molar-refractivity contribution in [3.05, 3.63) is 63.1 Å². The molecule has 0 spiro atoms. The van der Waals surface area contributed by atoms with Gasteiger partial charge in [0, 0.05) is 12.8 Å². The van der Waals surface area contributed by atoms with Crippen LogP contribution in [0.25, 0.3) is 0 Å². The lowest BCUT2D eigenvalue weighted by atomic mass is 10.1. The molecule has 0 radical (unpaired) electrons.